The van der Waals surface area contributed by atoms with Gasteiger partial charge in [0.1, 0.15) is 17.1 Å². The molecule has 2 aromatic carbocycles. The average molecular weight is 418 g/mol. The zero-order valence-corrected chi connectivity index (χ0v) is 16.5. The van der Waals surface area contributed by atoms with Crippen molar-refractivity contribution >= 4 is 45.7 Å². The molecule has 0 fully saturated rings. The third-order valence-corrected chi connectivity index (χ3v) is 6.01. The van der Waals surface area contributed by atoms with Crippen LogP contribution < -0.4 is 5.32 Å². The summed E-state index contributed by atoms with van der Waals surface area (Å²) in [6.45, 7) is 0.00981. The molecule has 0 aliphatic heterocycles. The largest absolute Gasteiger partial charge is 0.507 e. The summed E-state index contributed by atoms with van der Waals surface area (Å²) < 4.78 is 4.96. The van der Waals surface area contributed by atoms with Crippen LogP contribution in [0.4, 0.5) is 0 Å². The van der Waals surface area contributed by atoms with E-state index in [2.05, 4.69) is 11.4 Å². The molecule has 0 saturated heterocycles. The Kier molecular flexibility index (Phi) is 6.78. The fourth-order valence-corrected chi connectivity index (χ4v) is 4.29. The third-order valence-electron chi connectivity index (χ3n) is 3.94. The number of carbonyl (C=O) groups is 2. The average Bonchev–Trinajstić information content (AvgIpc) is 3.22. The summed E-state index contributed by atoms with van der Waals surface area (Å²) in [5, 5.41) is 25.8. The van der Waals surface area contributed by atoms with Crippen LogP contribution >= 0.6 is 23.1 Å². The molecule has 0 atom stereocenters. The molecule has 0 bridgehead atoms. The lowest BCUT2D eigenvalue weighted by atomic mass is 10.0. The second kappa shape index (κ2) is 9.48. The van der Waals surface area contributed by atoms with Gasteiger partial charge in [0.05, 0.1) is 0 Å². The van der Waals surface area contributed by atoms with E-state index in [1.54, 1.807) is 47.4 Å². The predicted octanol–water partition coefficient (Wildman–Crippen LogP) is 3.52. The molecule has 0 aliphatic carbocycles. The minimum Gasteiger partial charge on any atom is -0.507 e. The van der Waals surface area contributed by atoms with Crippen molar-refractivity contribution in [3.05, 3.63) is 58.3 Å². The number of phenols is 2. The van der Waals surface area contributed by atoms with Gasteiger partial charge in [-0.2, -0.15) is 11.8 Å². The number of hydrogen-bond acceptors (Lipinski definition) is 7. The zero-order chi connectivity index (χ0) is 19.9. The minimum atomic E-state index is -0.874. The third kappa shape index (κ3) is 4.96. The molecule has 146 valence electrons. The summed E-state index contributed by atoms with van der Waals surface area (Å²) in [4.78, 5) is 25.3. The monoisotopic (exact) mass is 417 g/mol. The van der Waals surface area contributed by atoms with Gasteiger partial charge >= 0.3 is 5.97 Å². The lowest BCUT2D eigenvalue weighted by Crippen LogP contribution is -2.30. The van der Waals surface area contributed by atoms with Gasteiger partial charge < -0.3 is 20.3 Å². The van der Waals surface area contributed by atoms with E-state index in [4.69, 9.17) is 4.74 Å². The van der Waals surface area contributed by atoms with Crippen molar-refractivity contribution in [1.29, 1.82) is 0 Å². The smallest absolute Gasteiger partial charge is 0.342 e. The maximum atomic E-state index is 12.2. The topological polar surface area (TPSA) is 95.9 Å². The van der Waals surface area contributed by atoms with Crippen LogP contribution in [0.15, 0.2) is 47.8 Å². The molecule has 3 aromatic rings. The number of aromatic hydroxyl groups is 2. The highest BCUT2D eigenvalue weighted by molar-refractivity contribution is 7.98. The first-order valence-corrected chi connectivity index (χ1v) is 10.6. The summed E-state index contributed by atoms with van der Waals surface area (Å²) >= 11 is 3.40. The van der Waals surface area contributed by atoms with Crippen LogP contribution in [0.5, 0.6) is 11.5 Å². The quantitative estimate of drug-likeness (QED) is 0.295. The molecule has 0 aliphatic rings. The first kappa shape index (κ1) is 20.0. The lowest BCUT2D eigenvalue weighted by molar-refractivity contribution is -0.124. The Bertz CT molecular complexity index is 972. The fourth-order valence-electron chi connectivity index (χ4n) is 2.59. The van der Waals surface area contributed by atoms with Crippen molar-refractivity contribution in [2.45, 2.75) is 5.75 Å². The Labute approximate surface area is 170 Å². The first-order chi connectivity index (χ1) is 13.6. The van der Waals surface area contributed by atoms with Crippen LogP contribution in [0.25, 0.3) is 10.8 Å². The molecule has 0 radical (unpaired) electrons. The van der Waals surface area contributed by atoms with E-state index in [-0.39, 0.29) is 17.1 Å². The van der Waals surface area contributed by atoms with E-state index < -0.39 is 18.5 Å². The fraction of sp³-hybridized carbons (Fsp3) is 0.200. The number of carbonyl (C=O) groups excluding carboxylic acids is 2. The molecular weight excluding hydrogens is 398 g/mol. The summed E-state index contributed by atoms with van der Waals surface area (Å²) in [5.74, 6) is -0.0869. The highest BCUT2D eigenvalue weighted by atomic mass is 32.2. The lowest BCUT2D eigenvalue weighted by Gasteiger charge is -2.10. The number of nitrogens with one attached hydrogen (secondary N) is 1. The molecule has 0 saturated carbocycles. The maximum Gasteiger partial charge on any atom is 0.342 e. The van der Waals surface area contributed by atoms with Gasteiger partial charge in [0.25, 0.3) is 5.91 Å². The predicted molar refractivity (Wildman–Crippen MR) is 111 cm³/mol. The van der Waals surface area contributed by atoms with Gasteiger partial charge in [-0.05, 0) is 17.5 Å². The Morgan fingerprint density at radius 2 is 1.89 bits per heavy atom. The normalized spacial score (nSPS) is 10.7. The van der Waals surface area contributed by atoms with Crippen molar-refractivity contribution in [2.75, 3.05) is 18.9 Å². The molecule has 1 aromatic heterocycles. The van der Waals surface area contributed by atoms with Crippen LogP contribution in [0.1, 0.15) is 15.2 Å². The summed E-state index contributed by atoms with van der Waals surface area (Å²) in [6.07, 6.45) is 0. The van der Waals surface area contributed by atoms with Gasteiger partial charge in [0.15, 0.2) is 6.61 Å². The second-order valence-corrected chi connectivity index (χ2v) is 8.03. The molecule has 0 unspecified atom stereocenters. The van der Waals surface area contributed by atoms with Gasteiger partial charge in [0, 0.05) is 33.7 Å². The van der Waals surface area contributed by atoms with E-state index >= 15 is 0 Å². The second-order valence-electron chi connectivity index (χ2n) is 5.90. The number of thioether (sulfide) groups is 1. The number of ether oxygens (including phenoxy) is 1. The van der Waals surface area contributed by atoms with Crippen molar-refractivity contribution in [3.63, 3.8) is 0 Å². The Balaban J connectivity index is 1.46. The van der Waals surface area contributed by atoms with E-state index in [1.165, 1.54) is 4.88 Å². The Morgan fingerprint density at radius 1 is 1.11 bits per heavy atom. The molecule has 6 nitrogen and oxygen atoms in total. The van der Waals surface area contributed by atoms with Crippen LogP contribution in [0.3, 0.4) is 0 Å². The number of esters is 1. The Hall–Kier alpha value is -2.71. The molecule has 1 amide bonds. The number of amides is 1. The Morgan fingerprint density at radius 3 is 2.64 bits per heavy atom. The van der Waals surface area contributed by atoms with Gasteiger partial charge in [0.2, 0.25) is 0 Å². The number of benzene rings is 2. The number of fused-ring (bicyclic) bond motifs is 1. The van der Waals surface area contributed by atoms with E-state index in [9.17, 15) is 19.8 Å². The maximum absolute atomic E-state index is 12.2. The molecule has 3 rings (SSSR count). The number of rotatable bonds is 8. The van der Waals surface area contributed by atoms with E-state index in [0.29, 0.717) is 17.3 Å². The van der Waals surface area contributed by atoms with Gasteiger partial charge in [-0.1, -0.05) is 30.3 Å². The van der Waals surface area contributed by atoms with Crippen LogP contribution in [-0.4, -0.2) is 41.0 Å². The van der Waals surface area contributed by atoms with Crippen LogP contribution in [0, 0.1) is 0 Å². The molecule has 28 heavy (non-hydrogen) atoms. The summed E-state index contributed by atoms with van der Waals surface area (Å²) in [5.41, 5.74) is -0.185. The molecular formula is C20H19NO5S2. The highest BCUT2D eigenvalue weighted by Gasteiger charge is 2.19. The van der Waals surface area contributed by atoms with E-state index in [0.717, 1.165) is 17.6 Å². The highest BCUT2D eigenvalue weighted by Crippen LogP contribution is 2.35. The SMILES string of the molecule is O=C(COC(=O)c1cc(O)c2ccccc2c1O)NCCSCc1cccs1. The standard InChI is InChI=1S/C20H19NO5S2/c22-17-10-16(19(24)15-6-2-1-5-14(15)17)20(25)26-11-18(23)21-7-9-27-12-13-4-3-8-28-13/h1-6,8,10,22,24H,7,9,11-12H2,(H,21,23). The van der Waals surface area contributed by atoms with Crippen LogP contribution in [0.2, 0.25) is 0 Å². The van der Waals surface area contributed by atoms with Gasteiger partial charge in [-0.15, -0.1) is 11.3 Å². The molecule has 1 heterocycles. The zero-order valence-electron chi connectivity index (χ0n) is 14.9. The first-order valence-electron chi connectivity index (χ1n) is 8.54. The van der Waals surface area contributed by atoms with E-state index in [1.807, 2.05) is 11.4 Å². The summed E-state index contributed by atoms with van der Waals surface area (Å²) in [6, 6.07) is 11.8. The molecule has 8 heteroatoms. The van der Waals surface area contributed by atoms with Crippen molar-refractivity contribution in [2.24, 2.45) is 0 Å². The van der Waals surface area contributed by atoms with Crippen molar-refractivity contribution in [1.82, 2.24) is 5.32 Å². The van der Waals surface area contributed by atoms with Crippen molar-refractivity contribution in [3.8, 4) is 11.5 Å². The molecule has 0 spiro atoms. The minimum absolute atomic E-state index is 0.146. The van der Waals surface area contributed by atoms with Crippen molar-refractivity contribution < 1.29 is 24.5 Å². The molecule has 3 N–H and O–H groups in total. The number of thiophene rings is 1. The number of hydrogen-bond donors (Lipinski definition) is 3. The van der Waals surface area contributed by atoms with Crippen LogP contribution in [-0.2, 0) is 15.3 Å². The number of phenolic OH excluding ortho intramolecular Hbond substituents is 2. The van der Waals surface area contributed by atoms with Gasteiger partial charge in [-0.3, -0.25) is 4.79 Å². The summed E-state index contributed by atoms with van der Waals surface area (Å²) in [7, 11) is 0. The van der Waals surface area contributed by atoms with Gasteiger partial charge in [-0.25, -0.2) is 4.79 Å².